The zero-order valence-corrected chi connectivity index (χ0v) is 36.2. The van der Waals surface area contributed by atoms with E-state index in [2.05, 4.69) is 46.8 Å². The number of fused-ring (bicyclic) bond motifs is 3. The van der Waals surface area contributed by atoms with Crippen LogP contribution in [0.4, 0.5) is 0 Å². The van der Waals surface area contributed by atoms with Crippen molar-refractivity contribution in [1.29, 1.82) is 0 Å². The van der Waals surface area contributed by atoms with Crippen molar-refractivity contribution in [3.8, 4) is 0 Å². The van der Waals surface area contributed by atoms with E-state index in [9.17, 15) is 24.3 Å². The van der Waals surface area contributed by atoms with E-state index < -0.39 is 59.8 Å². The van der Waals surface area contributed by atoms with Crippen LogP contribution in [-0.4, -0.2) is 104 Å². The minimum Gasteiger partial charge on any atom is -0.456 e. The minimum absolute atomic E-state index is 0.100. The van der Waals surface area contributed by atoms with Crippen molar-refractivity contribution in [1.82, 2.24) is 4.90 Å². The summed E-state index contributed by atoms with van der Waals surface area (Å²) in [5.74, 6) is -5.48. The van der Waals surface area contributed by atoms with Crippen molar-refractivity contribution < 1.29 is 48.0 Å². The molecule has 1 saturated carbocycles. The number of esters is 1. The molecule has 0 aromatic carbocycles. The molecule has 11 nitrogen and oxygen atoms in total. The van der Waals surface area contributed by atoms with E-state index in [1.165, 1.54) is 4.90 Å². The van der Waals surface area contributed by atoms with Gasteiger partial charge in [0.25, 0.3) is 11.7 Å². The van der Waals surface area contributed by atoms with Crippen LogP contribution in [0.1, 0.15) is 126 Å². The highest BCUT2D eigenvalue weighted by atomic mass is 16.7. The number of rotatable bonds is 7. The number of Topliss-reactive ketones (excluding diaryl/α,β-unsaturated/α-hetero) is 2. The van der Waals surface area contributed by atoms with Crippen LogP contribution < -0.4 is 0 Å². The van der Waals surface area contributed by atoms with E-state index in [0.29, 0.717) is 38.0 Å². The Morgan fingerprint density at radius 3 is 2.21 bits per heavy atom. The highest BCUT2D eigenvalue weighted by molar-refractivity contribution is 6.39. The average molecular weight is 788 g/mol. The number of cyclic esters (lactones) is 1. The predicted octanol–water partition coefficient (Wildman–Crippen LogP) is 7.02. The van der Waals surface area contributed by atoms with Crippen LogP contribution in [0, 0.1) is 41.4 Å². The minimum atomic E-state index is -2.44. The van der Waals surface area contributed by atoms with E-state index in [1.807, 2.05) is 13.8 Å². The van der Waals surface area contributed by atoms with E-state index in [1.54, 1.807) is 28.3 Å². The van der Waals surface area contributed by atoms with E-state index in [0.717, 1.165) is 43.3 Å². The monoisotopic (exact) mass is 788 g/mol. The number of hydrogen-bond acceptors (Lipinski definition) is 10. The summed E-state index contributed by atoms with van der Waals surface area (Å²) in [7, 11) is 4.88. The van der Waals surface area contributed by atoms with Gasteiger partial charge in [-0.3, -0.25) is 14.4 Å². The molecule has 2 saturated heterocycles. The van der Waals surface area contributed by atoms with E-state index >= 15 is 0 Å². The number of nitrogens with zero attached hydrogens (tertiary/aromatic N) is 1. The summed E-state index contributed by atoms with van der Waals surface area (Å²) >= 11 is 0. The second kappa shape index (κ2) is 20.5. The molecule has 0 spiro atoms. The Bertz CT molecular complexity index is 1430. The Morgan fingerprint density at radius 2 is 1.57 bits per heavy atom. The molecule has 3 heterocycles. The molecule has 318 valence electrons. The third-order valence-electron chi connectivity index (χ3n) is 13.6. The number of allylic oxidation sites excluding steroid dienone is 3. The van der Waals surface area contributed by atoms with Crippen molar-refractivity contribution in [3.05, 3.63) is 23.3 Å². The molecule has 1 aliphatic carbocycles. The highest BCUT2D eigenvalue weighted by Crippen LogP contribution is 2.40. The number of carbonyl (C=O) groups is 4. The normalized spacial score (nSPS) is 41.4. The van der Waals surface area contributed by atoms with Gasteiger partial charge in [0.2, 0.25) is 5.79 Å². The summed E-state index contributed by atoms with van der Waals surface area (Å²) in [5, 5.41) is 12.0. The van der Waals surface area contributed by atoms with Gasteiger partial charge in [-0.15, -0.1) is 0 Å². The summed E-state index contributed by atoms with van der Waals surface area (Å²) in [6.45, 7) is 16.4. The van der Waals surface area contributed by atoms with Crippen molar-refractivity contribution in [2.45, 2.75) is 168 Å². The fraction of sp³-hybridized carbons (Fsp3) is 0.822. The summed E-state index contributed by atoms with van der Waals surface area (Å²) in [5.41, 5.74) is 2.01. The van der Waals surface area contributed by atoms with Crippen LogP contribution in [-0.2, 0) is 42.9 Å². The number of ether oxygens (including phenoxy) is 5. The van der Waals surface area contributed by atoms with Gasteiger partial charge in [-0.25, -0.2) is 4.79 Å². The van der Waals surface area contributed by atoms with Crippen molar-refractivity contribution in [3.63, 3.8) is 0 Å². The molecule has 4 aliphatic rings. The largest absolute Gasteiger partial charge is 0.456 e. The smallest absolute Gasteiger partial charge is 0.329 e. The number of methoxy groups -OCH3 is 3. The Kier molecular flexibility index (Phi) is 16.9. The van der Waals surface area contributed by atoms with Gasteiger partial charge in [0, 0.05) is 52.0 Å². The van der Waals surface area contributed by atoms with Crippen LogP contribution in [0.3, 0.4) is 0 Å². The van der Waals surface area contributed by atoms with Gasteiger partial charge in [-0.1, -0.05) is 65.7 Å². The third kappa shape index (κ3) is 10.8. The molecule has 14 atom stereocenters. The topological polar surface area (TPSA) is 138 Å². The highest BCUT2D eigenvalue weighted by Gasteiger charge is 2.57. The summed E-state index contributed by atoms with van der Waals surface area (Å²) in [6, 6.07) is -1.01. The summed E-state index contributed by atoms with van der Waals surface area (Å²) in [6.07, 6.45) is 9.07. The molecule has 3 fully saturated rings. The average Bonchev–Trinajstić information content (AvgIpc) is 3.66. The molecular formula is C45H73NO10. The number of amides is 1. The Labute approximate surface area is 336 Å². The molecular weight excluding hydrogens is 714 g/mol. The number of hydrogen-bond donors (Lipinski definition) is 1. The molecule has 56 heavy (non-hydrogen) atoms. The molecule has 2 bridgehead atoms. The SMILES string of the molecule is CCCC1/C=C(\C)CC(C)CC(OC)C2OC(O)(C(=O)C(=O)N3CCCC3C(=O)OC(/C(C)=C/C3CCC(C)C(OC)C3)C(C)C(C)CC1=O)C(C)CC2OC. The molecule has 0 aromatic heterocycles. The van der Waals surface area contributed by atoms with Crippen LogP contribution in [0.15, 0.2) is 23.3 Å². The number of aliphatic hydroxyl groups is 1. The van der Waals surface area contributed by atoms with Crippen molar-refractivity contribution in [2.75, 3.05) is 27.9 Å². The molecule has 4 rings (SSSR count). The second-order valence-corrected chi connectivity index (χ2v) is 18.0. The Hall–Kier alpha value is -2.44. The third-order valence-corrected chi connectivity index (χ3v) is 13.6. The van der Waals surface area contributed by atoms with E-state index in [4.69, 9.17) is 23.7 Å². The Balaban J connectivity index is 1.75. The maximum atomic E-state index is 14.3. The molecule has 1 N–H and O–H groups in total. The molecule has 0 aromatic rings. The van der Waals surface area contributed by atoms with Crippen LogP contribution >= 0.6 is 0 Å². The molecule has 1 amide bonds. The lowest BCUT2D eigenvalue weighted by Crippen LogP contribution is -2.63. The van der Waals surface area contributed by atoms with E-state index in [-0.39, 0.29) is 54.4 Å². The van der Waals surface area contributed by atoms with Crippen molar-refractivity contribution >= 4 is 23.4 Å². The first kappa shape index (κ1) is 46.3. The molecule has 3 aliphatic heterocycles. The van der Waals surface area contributed by atoms with Crippen molar-refractivity contribution in [2.24, 2.45) is 41.4 Å². The zero-order valence-electron chi connectivity index (χ0n) is 36.2. The number of ketones is 2. The first-order chi connectivity index (χ1) is 26.5. The fourth-order valence-corrected chi connectivity index (χ4v) is 9.89. The predicted molar refractivity (Wildman–Crippen MR) is 214 cm³/mol. The maximum absolute atomic E-state index is 14.3. The number of carbonyl (C=O) groups excluding carboxylic acids is 4. The second-order valence-electron chi connectivity index (χ2n) is 18.0. The lowest BCUT2D eigenvalue weighted by Gasteiger charge is -2.46. The van der Waals surface area contributed by atoms with Crippen LogP contribution in [0.5, 0.6) is 0 Å². The van der Waals surface area contributed by atoms with Gasteiger partial charge >= 0.3 is 5.97 Å². The maximum Gasteiger partial charge on any atom is 0.329 e. The molecule has 0 radical (unpaired) electrons. The van der Waals surface area contributed by atoms with Gasteiger partial charge in [0.1, 0.15) is 24.0 Å². The Morgan fingerprint density at radius 1 is 0.911 bits per heavy atom. The molecule has 11 heteroatoms. The van der Waals surface area contributed by atoms with Gasteiger partial charge in [0.05, 0.1) is 18.3 Å². The first-order valence-corrected chi connectivity index (χ1v) is 21.4. The summed E-state index contributed by atoms with van der Waals surface area (Å²) in [4.78, 5) is 57.9. The molecule has 14 unspecified atom stereocenters. The lowest BCUT2D eigenvalue weighted by atomic mass is 9.77. The fourth-order valence-electron chi connectivity index (χ4n) is 9.89. The lowest BCUT2D eigenvalue weighted by molar-refractivity contribution is -0.302. The quantitative estimate of drug-likeness (QED) is 0.163. The van der Waals surface area contributed by atoms with Crippen LogP contribution in [0.25, 0.3) is 0 Å². The van der Waals surface area contributed by atoms with Gasteiger partial charge in [-0.2, -0.15) is 0 Å². The van der Waals surface area contributed by atoms with Gasteiger partial charge in [0.15, 0.2) is 0 Å². The van der Waals surface area contributed by atoms with Crippen LogP contribution in [0.2, 0.25) is 0 Å². The van der Waals surface area contributed by atoms with Gasteiger partial charge in [-0.05, 0) is 101 Å². The zero-order chi connectivity index (χ0) is 41.5. The van der Waals surface area contributed by atoms with Gasteiger partial charge < -0.3 is 33.7 Å². The first-order valence-electron chi connectivity index (χ1n) is 21.4. The summed E-state index contributed by atoms with van der Waals surface area (Å²) < 4.78 is 30.3. The standard InChI is InChI=1S/C45H73NO10/c1-12-14-34-20-26(2)19-27(3)21-38(53-10)41-39(54-11)24-31(7)45(51,56-41)42(48)43(49)46-18-13-15-35(46)44(50)55-40(32(8)29(5)23-36(34)47)30(6)22-33-17-16-28(4)37(25-33)52-9/h20,22,27-29,31-35,37-41,51H,12-19,21,23-25H2,1-11H3/b26-20+,30-22+.